The van der Waals surface area contributed by atoms with Crippen LogP contribution in [-0.4, -0.2) is 29.1 Å². The molecule has 0 amide bonds. The van der Waals surface area contributed by atoms with Crippen LogP contribution in [0.25, 0.3) is 0 Å². The highest BCUT2D eigenvalue weighted by molar-refractivity contribution is 5.87. The second-order valence-electron chi connectivity index (χ2n) is 4.70. The Morgan fingerprint density at radius 2 is 1.83 bits per heavy atom. The third-order valence-electron chi connectivity index (χ3n) is 3.28. The average molecular weight is 270 g/mol. The molecule has 2 rings (SSSR count). The molecule has 0 saturated carbocycles. The molecule has 0 radical (unpaired) electrons. The molecule has 1 aromatic carbocycles. The molecule has 0 aliphatic carbocycles. The molecule has 1 saturated heterocycles. The highest BCUT2D eigenvalue weighted by atomic mass is 35.5. The van der Waals surface area contributed by atoms with Crippen LogP contribution in [0.1, 0.15) is 41.6 Å². The van der Waals surface area contributed by atoms with Crippen molar-refractivity contribution in [3.05, 3.63) is 35.4 Å². The van der Waals surface area contributed by atoms with E-state index in [-0.39, 0.29) is 12.4 Å². The van der Waals surface area contributed by atoms with Crippen LogP contribution in [0.4, 0.5) is 0 Å². The quantitative estimate of drug-likeness (QED) is 0.916. The Hall–Kier alpha value is -1.06. The van der Waals surface area contributed by atoms with E-state index in [2.05, 4.69) is 4.90 Å². The van der Waals surface area contributed by atoms with Gasteiger partial charge in [0.2, 0.25) is 0 Å². The summed E-state index contributed by atoms with van der Waals surface area (Å²) in [5.74, 6) is -0.845. The van der Waals surface area contributed by atoms with Crippen LogP contribution in [0.3, 0.4) is 0 Å². The number of carbonyl (C=O) groups is 1. The fourth-order valence-electron chi connectivity index (χ4n) is 2.36. The van der Waals surface area contributed by atoms with E-state index in [4.69, 9.17) is 5.11 Å². The molecule has 4 heteroatoms. The van der Waals surface area contributed by atoms with Crippen molar-refractivity contribution in [1.82, 2.24) is 4.90 Å². The van der Waals surface area contributed by atoms with Gasteiger partial charge < -0.3 is 5.11 Å². The zero-order valence-corrected chi connectivity index (χ0v) is 11.3. The van der Waals surface area contributed by atoms with Crippen molar-refractivity contribution < 1.29 is 9.90 Å². The lowest BCUT2D eigenvalue weighted by Crippen LogP contribution is -2.24. The van der Waals surface area contributed by atoms with E-state index in [0.717, 1.165) is 25.2 Å². The monoisotopic (exact) mass is 269 g/mol. The highest BCUT2D eigenvalue weighted by Gasteiger charge is 2.10. The van der Waals surface area contributed by atoms with Gasteiger partial charge in [0.15, 0.2) is 0 Å². The smallest absolute Gasteiger partial charge is 0.335 e. The van der Waals surface area contributed by atoms with E-state index in [1.165, 1.54) is 25.7 Å². The van der Waals surface area contributed by atoms with E-state index in [9.17, 15) is 4.79 Å². The number of carboxylic acid groups (broad SMARTS) is 1. The lowest BCUT2D eigenvalue weighted by molar-refractivity contribution is 0.0696. The predicted molar refractivity (Wildman–Crippen MR) is 74.4 cm³/mol. The lowest BCUT2D eigenvalue weighted by Gasteiger charge is -2.19. The topological polar surface area (TPSA) is 40.5 Å². The highest BCUT2D eigenvalue weighted by Crippen LogP contribution is 2.14. The molecule has 0 aromatic heterocycles. The molecule has 1 heterocycles. The van der Waals surface area contributed by atoms with Crippen molar-refractivity contribution in [3.8, 4) is 0 Å². The van der Waals surface area contributed by atoms with Gasteiger partial charge in [-0.3, -0.25) is 4.90 Å². The summed E-state index contributed by atoms with van der Waals surface area (Å²) >= 11 is 0. The number of likely N-dealkylation sites (tertiary alicyclic amines) is 1. The first kappa shape index (κ1) is 15.0. The molecular weight excluding hydrogens is 250 g/mol. The molecule has 0 unspecified atom stereocenters. The van der Waals surface area contributed by atoms with Gasteiger partial charge in [-0.1, -0.05) is 25.0 Å². The van der Waals surface area contributed by atoms with Crippen LogP contribution in [0.15, 0.2) is 24.3 Å². The molecule has 1 aliphatic rings. The van der Waals surface area contributed by atoms with Crippen LogP contribution < -0.4 is 0 Å². The van der Waals surface area contributed by atoms with E-state index in [1.807, 2.05) is 12.1 Å². The first-order valence-corrected chi connectivity index (χ1v) is 6.30. The minimum Gasteiger partial charge on any atom is -0.478 e. The maximum Gasteiger partial charge on any atom is 0.335 e. The number of halogens is 1. The summed E-state index contributed by atoms with van der Waals surface area (Å²) in [6, 6.07) is 7.27. The summed E-state index contributed by atoms with van der Waals surface area (Å²) in [5, 5.41) is 8.95. The summed E-state index contributed by atoms with van der Waals surface area (Å²) in [5.41, 5.74) is 1.49. The Kier molecular flexibility index (Phi) is 6.16. The molecule has 3 nitrogen and oxygen atoms in total. The summed E-state index contributed by atoms with van der Waals surface area (Å²) in [7, 11) is 0. The number of rotatable bonds is 3. The summed E-state index contributed by atoms with van der Waals surface area (Å²) in [6.45, 7) is 3.15. The lowest BCUT2D eigenvalue weighted by atomic mass is 10.1. The fourth-order valence-corrected chi connectivity index (χ4v) is 2.36. The second kappa shape index (κ2) is 7.39. The third-order valence-corrected chi connectivity index (χ3v) is 3.28. The van der Waals surface area contributed by atoms with Crippen molar-refractivity contribution in [1.29, 1.82) is 0 Å². The molecule has 1 fully saturated rings. The van der Waals surface area contributed by atoms with Gasteiger partial charge in [-0.15, -0.1) is 12.4 Å². The Bertz CT molecular complexity index is 387. The first-order chi connectivity index (χ1) is 8.25. The van der Waals surface area contributed by atoms with Gasteiger partial charge in [-0.2, -0.15) is 0 Å². The third kappa shape index (κ3) is 4.31. The van der Waals surface area contributed by atoms with E-state index >= 15 is 0 Å². The predicted octanol–water partition coefficient (Wildman–Crippen LogP) is 3.18. The molecule has 18 heavy (non-hydrogen) atoms. The van der Waals surface area contributed by atoms with Crippen molar-refractivity contribution in [2.24, 2.45) is 0 Å². The molecular formula is C14H20ClNO2. The number of aromatic carboxylic acids is 1. The van der Waals surface area contributed by atoms with Gasteiger partial charge in [0, 0.05) is 6.54 Å². The van der Waals surface area contributed by atoms with Gasteiger partial charge in [0.1, 0.15) is 0 Å². The van der Waals surface area contributed by atoms with Crippen LogP contribution in [0.5, 0.6) is 0 Å². The van der Waals surface area contributed by atoms with Gasteiger partial charge in [-0.05, 0) is 43.6 Å². The maximum absolute atomic E-state index is 10.9. The van der Waals surface area contributed by atoms with E-state index < -0.39 is 5.97 Å². The summed E-state index contributed by atoms with van der Waals surface area (Å²) in [6.07, 6.45) is 5.18. The van der Waals surface area contributed by atoms with Crippen molar-refractivity contribution in [3.63, 3.8) is 0 Å². The van der Waals surface area contributed by atoms with Gasteiger partial charge >= 0.3 is 5.97 Å². The zero-order valence-electron chi connectivity index (χ0n) is 10.5. The largest absolute Gasteiger partial charge is 0.478 e. The number of benzene rings is 1. The van der Waals surface area contributed by atoms with Gasteiger partial charge in [0.05, 0.1) is 5.56 Å². The number of carboxylic acids is 1. The molecule has 0 spiro atoms. The Morgan fingerprint density at radius 3 is 2.44 bits per heavy atom. The summed E-state index contributed by atoms with van der Waals surface area (Å²) < 4.78 is 0. The molecule has 1 N–H and O–H groups in total. The Morgan fingerprint density at radius 1 is 1.17 bits per heavy atom. The molecule has 100 valence electrons. The SMILES string of the molecule is Cl.O=C(O)c1cccc(CN2CCCCCC2)c1. The molecule has 1 aromatic rings. The van der Waals surface area contributed by atoms with E-state index in [0.29, 0.717) is 5.56 Å². The van der Waals surface area contributed by atoms with Gasteiger partial charge in [0.25, 0.3) is 0 Å². The minimum absolute atomic E-state index is 0. The second-order valence-corrected chi connectivity index (χ2v) is 4.70. The van der Waals surface area contributed by atoms with Crippen molar-refractivity contribution in [2.45, 2.75) is 32.2 Å². The van der Waals surface area contributed by atoms with Gasteiger partial charge in [-0.25, -0.2) is 4.79 Å². The average Bonchev–Trinajstić information content (AvgIpc) is 2.58. The van der Waals surface area contributed by atoms with Crippen LogP contribution >= 0.6 is 12.4 Å². The van der Waals surface area contributed by atoms with Crippen LogP contribution in [-0.2, 0) is 6.54 Å². The maximum atomic E-state index is 10.9. The zero-order chi connectivity index (χ0) is 12.1. The number of hydrogen-bond donors (Lipinski definition) is 1. The molecule has 0 atom stereocenters. The van der Waals surface area contributed by atoms with Crippen LogP contribution in [0.2, 0.25) is 0 Å². The van der Waals surface area contributed by atoms with Crippen molar-refractivity contribution >= 4 is 18.4 Å². The van der Waals surface area contributed by atoms with E-state index in [1.54, 1.807) is 12.1 Å². The molecule has 1 aliphatic heterocycles. The number of nitrogens with zero attached hydrogens (tertiary/aromatic N) is 1. The Balaban J connectivity index is 0.00000162. The Labute approximate surface area is 114 Å². The standard InChI is InChI=1S/C14H19NO2.ClH/c16-14(17)13-7-5-6-12(10-13)11-15-8-3-1-2-4-9-15;/h5-7,10H,1-4,8-9,11H2,(H,16,17);1H. The first-order valence-electron chi connectivity index (χ1n) is 6.30. The van der Waals surface area contributed by atoms with Crippen molar-refractivity contribution in [2.75, 3.05) is 13.1 Å². The normalized spacial score (nSPS) is 16.7. The number of hydrogen-bond acceptors (Lipinski definition) is 2. The molecule has 0 bridgehead atoms. The minimum atomic E-state index is -0.845. The fraction of sp³-hybridized carbons (Fsp3) is 0.500. The summed E-state index contributed by atoms with van der Waals surface area (Å²) in [4.78, 5) is 13.3. The van der Waals surface area contributed by atoms with Crippen LogP contribution in [0, 0.1) is 0 Å².